The number of benzene rings is 4. The summed E-state index contributed by atoms with van der Waals surface area (Å²) in [6.45, 7) is 17.9. The van der Waals surface area contributed by atoms with E-state index in [1.165, 1.54) is 30.8 Å². The number of nitrogens with two attached hydrogens (primary N) is 1. The van der Waals surface area contributed by atoms with Gasteiger partial charge in [0, 0.05) is 116 Å². The van der Waals surface area contributed by atoms with E-state index in [1.54, 1.807) is 56.0 Å². The van der Waals surface area contributed by atoms with Crippen LogP contribution in [0.2, 0.25) is 0 Å². The number of thiocarbonyl (C=S) groups is 2. The lowest BCUT2D eigenvalue weighted by atomic mass is 10.0. The van der Waals surface area contributed by atoms with Crippen LogP contribution in [0.15, 0.2) is 102 Å². The number of likely N-dealkylation sites (N-methyl/N-ethyl adjacent to an activating group) is 3. The van der Waals surface area contributed by atoms with Crippen LogP contribution in [0, 0.1) is 0 Å². The third-order valence-corrected chi connectivity index (χ3v) is 16.2. The average Bonchev–Trinajstić information content (AvgIpc) is 0.846. The molecule has 6 rings (SSSR count). The van der Waals surface area contributed by atoms with E-state index < -0.39 is 43.0 Å². The van der Waals surface area contributed by atoms with E-state index in [0.29, 0.717) is 36.1 Å². The number of phenols is 2. The second-order valence-electron chi connectivity index (χ2n) is 23.3. The number of phenolic OH excluding ortho intramolecular Hbond substituents is 2. The van der Waals surface area contributed by atoms with E-state index in [4.69, 9.17) is 53.2 Å². The number of anilines is 1. The zero-order valence-corrected chi connectivity index (χ0v) is 61.7. The summed E-state index contributed by atoms with van der Waals surface area (Å²) in [6, 6.07) is 29.7. The molecule has 2 fully saturated rings. The van der Waals surface area contributed by atoms with Crippen LogP contribution >= 0.6 is 24.4 Å². The van der Waals surface area contributed by atoms with Crippen LogP contribution in [0.5, 0.6) is 11.5 Å². The molecule has 11 N–H and O–H groups in total. The maximum atomic E-state index is 11.8. The summed E-state index contributed by atoms with van der Waals surface area (Å²) in [5.41, 5.74) is 11.3. The number of carboxylic acids is 5. The van der Waals surface area contributed by atoms with E-state index in [0.717, 1.165) is 75.5 Å². The fourth-order valence-electron chi connectivity index (χ4n) is 10.4. The van der Waals surface area contributed by atoms with E-state index in [-0.39, 0.29) is 109 Å². The fraction of sp³-hybridized carbons (Fsp3) is 0.514. The highest BCUT2D eigenvalue weighted by molar-refractivity contribution is 7.80. The number of carboxylic acid groups (broad SMARTS) is 5. The maximum Gasteiger partial charge on any atom is 0.373 e. The first-order chi connectivity index (χ1) is 50.1. The number of aliphatic imine (C=N–C) groups is 1. The monoisotopic (exact) mass is 1500 g/mol. The van der Waals surface area contributed by atoms with E-state index in [9.17, 15) is 59.0 Å². The van der Waals surface area contributed by atoms with Gasteiger partial charge in [0.25, 0.3) is 0 Å². The molecule has 34 heteroatoms. The number of nitrogens with one attached hydrogen (secondary N) is 2. The maximum absolute atomic E-state index is 11.8. The van der Waals surface area contributed by atoms with Gasteiger partial charge in [-0.2, -0.15) is 33.8 Å². The number of carbonyl (C=O) groups is 5. The summed E-state index contributed by atoms with van der Waals surface area (Å²) in [4.78, 5) is 128. The summed E-state index contributed by atoms with van der Waals surface area (Å²) in [5, 5.41) is 74.8. The molecule has 576 valence electrons. The van der Waals surface area contributed by atoms with Gasteiger partial charge >= 0.3 is 48.3 Å². The molecule has 2 aliphatic heterocycles. The first-order valence-electron chi connectivity index (χ1n) is 33.7. The highest BCUT2D eigenvalue weighted by Crippen LogP contribution is 2.24. The van der Waals surface area contributed by atoms with Crippen molar-refractivity contribution in [2.24, 2.45) is 10.7 Å². The molecule has 4 aromatic rings. The predicted octanol–water partition coefficient (Wildman–Crippen LogP) is 3.13. The number of aromatic hydroxyl groups is 2. The zero-order valence-electron chi connectivity index (χ0n) is 61.1. The molecule has 0 spiro atoms. The summed E-state index contributed by atoms with van der Waals surface area (Å²) < 4.78 is 15.5. The number of halogens is 1. The Labute approximate surface area is 619 Å². The molecule has 0 bridgehead atoms. The Bertz CT molecular complexity index is 3190. The molecule has 0 radical (unpaired) electrons. The Morgan fingerprint density at radius 2 is 0.942 bits per heavy atom. The number of alkyl halides is 1. The second-order valence-corrected chi connectivity index (χ2v) is 23.9. The Morgan fingerprint density at radius 3 is 1.36 bits per heavy atom. The van der Waals surface area contributed by atoms with Crippen molar-refractivity contribution < 1.29 is 94.2 Å². The largest absolute Gasteiger partial charge is 0.508 e. The number of carbonyl (C=O) groups excluding carboxylic acids is 6. The van der Waals surface area contributed by atoms with Crippen LogP contribution in [0.25, 0.3) is 0 Å². The summed E-state index contributed by atoms with van der Waals surface area (Å²) in [6.07, 6.45) is 2.83. The first-order valence-corrected chi connectivity index (χ1v) is 33.8. The van der Waals surface area contributed by atoms with Gasteiger partial charge in [0.2, 0.25) is 0 Å². The molecule has 0 aliphatic carbocycles. The first kappa shape index (κ1) is 95.0. The molecule has 2 aliphatic rings. The van der Waals surface area contributed by atoms with E-state index in [2.05, 4.69) is 119 Å². The van der Waals surface area contributed by atoms with Crippen molar-refractivity contribution in [3.8, 4) is 11.5 Å². The van der Waals surface area contributed by atoms with Crippen molar-refractivity contribution in [1.82, 2.24) is 49.4 Å². The molecule has 2 heterocycles. The average molecular weight is 1500 g/mol. The molecule has 104 heavy (non-hydrogen) atoms. The molecule has 2 saturated heterocycles. The summed E-state index contributed by atoms with van der Waals surface area (Å²) in [7, 11) is 5.38. The van der Waals surface area contributed by atoms with Crippen molar-refractivity contribution in [3.63, 3.8) is 0 Å². The topological polar surface area (TPSA) is 421 Å². The molecule has 0 aromatic heterocycles. The number of hydrogen-bond acceptors (Lipinski definition) is 26. The van der Waals surface area contributed by atoms with Gasteiger partial charge in [0.05, 0.1) is 52.1 Å². The van der Waals surface area contributed by atoms with Gasteiger partial charge in [-0.15, -0.1) is 0 Å². The highest BCUT2D eigenvalue weighted by atomic mass is 32.1. The standard InChI is InChI=1S/C28H42N6O3S.C24H33N5O8S.C8H11NO.C6H15N.CH3F.3CO2/c1-31-14-17-33(3)26(20-32(2)16-19-34(18-15-31)21-27(36)37)23-6-8-24(9-7-23)30-28(38)29-13-12-22-4-10-25(35)11-5-22;30-21(31)13-26-5-6-27(14-22(32)33)9-10-29(16-24(36)37)20(12-28(8-7-26)15-23(34)35)11-18-1-3-19(4-2-18)25-17-38;9-6-5-7-1-3-8(10)4-2-7;1-4-7(5-2)6-3;1-2;3*2-1-3/h4-11,26,35H,12-21H2,1-3H3,(H,36,37)(H2,29,30,38);1-4,20H,5-16H2,(H,30,31)(H,32,33)(H,34,35)(H,36,37);1-4,10H,5-6,9H2;4-6H2,1-3H3;1H3;;;/i;;;;1D;;;. The van der Waals surface area contributed by atoms with Gasteiger partial charge < -0.3 is 66.8 Å². The van der Waals surface area contributed by atoms with Crippen LogP contribution in [0.1, 0.15) is 50.4 Å². The Morgan fingerprint density at radius 1 is 0.558 bits per heavy atom. The lowest BCUT2D eigenvalue weighted by Crippen LogP contribution is -2.53. The van der Waals surface area contributed by atoms with Crippen LogP contribution < -0.4 is 16.4 Å². The highest BCUT2D eigenvalue weighted by Gasteiger charge is 2.28. The Kier molecular flexibility index (Phi) is 55.2. The second kappa shape index (κ2) is 60.4. The lowest BCUT2D eigenvalue weighted by molar-refractivity contribution is -0.193. The number of aliphatic carboxylic acids is 5. The van der Waals surface area contributed by atoms with E-state index in [1.807, 2.05) is 41.3 Å². The third-order valence-electron chi connectivity index (χ3n) is 15.9. The van der Waals surface area contributed by atoms with Gasteiger partial charge in [0.15, 0.2) is 5.11 Å². The number of isothiocyanates is 1. The van der Waals surface area contributed by atoms with Crippen LogP contribution in [-0.2, 0) is 72.0 Å². The molecule has 4 aromatic carbocycles. The van der Waals surface area contributed by atoms with Gasteiger partial charge in [0.1, 0.15) is 11.5 Å². The van der Waals surface area contributed by atoms with Gasteiger partial charge in [-0.05, 0) is 162 Å². The van der Waals surface area contributed by atoms with E-state index >= 15 is 0 Å². The fourth-order valence-corrected chi connectivity index (χ4v) is 10.7. The SMILES string of the molecule is CCN(CC)CC.CN1CCN(CC(=O)O)CCN(C)CC(c2ccc(NC(=S)NCCc3ccc(O)cc3)cc2)N(C)CC1.NCCc1ccc(O)cc1.O=C(O)CN1CCN(CC(=O)O)CCN(CC(=O)O)C(Cc2ccc(N=C=S)cc2)CN(CC(=O)O)CC1.O=C=O.O=C=O.O=C=O.[2H]CF. The Hall–Kier alpha value is -9.01. The van der Waals surface area contributed by atoms with Gasteiger partial charge in [-0.3, -0.25) is 57.8 Å². The number of hydrogen-bond donors (Lipinski definition) is 10. The van der Waals surface area contributed by atoms with Crippen molar-refractivity contribution in [2.45, 2.75) is 52.1 Å². The summed E-state index contributed by atoms with van der Waals surface area (Å²) >= 11 is 10.1. The summed E-state index contributed by atoms with van der Waals surface area (Å²) in [5.74, 6) is -4.41. The van der Waals surface area contributed by atoms with Crippen molar-refractivity contribution in [2.75, 3.05) is 191 Å². The van der Waals surface area contributed by atoms with Crippen molar-refractivity contribution in [3.05, 3.63) is 119 Å². The van der Waals surface area contributed by atoms with Gasteiger partial charge in [-0.1, -0.05) is 69.3 Å². The predicted molar refractivity (Wildman–Crippen MR) is 393 cm³/mol. The molecular formula is C70H104FN13O18S2. The number of nitrogens with zero attached hydrogens (tertiary/aromatic N) is 10. The van der Waals surface area contributed by atoms with Crippen LogP contribution in [0.4, 0.5) is 15.8 Å². The minimum absolute atomic E-state index is 0.0764. The Balaban J connectivity index is 0. The third kappa shape index (κ3) is 48.8. The minimum atomic E-state index is -1.06. The zero-order chi connectivity index (χ0) is 79.5. The molecular weight excluding hydrogens is 1390 g/mol. The van der Waals surface area contributed by atoms with Crippen LogP contribution in [-0.4, -0.2) is 330 Å². The normalized spacial score (nSPS) is 16.0. The van der Waals surface area contributed by atoms with Gasteiger partial charge in [-0.25, -0.2) is 0 Å². The van der Waals surface area contributed by atoms with Crippen molar-refractivity contribution in [1.29, 1.82) is 0 Å². The lowest BCUT2D eigenvalue weighted by Gasteiger charge is -2.37. The molecule has 31 nitrogen and oxygen atoms in total. The quantitative estimate of drug-likeness (QED) is 0.0377. The molecule has 0 amide bonds. The molecule has 0 saturated carbocycles. The minimum Gasteiger partial charge on any atom is -0.508 e. The smallest absolute Gasteiger partial charge is 0.373 e. The number of rotatable bonds is 23. The van der Waals surface area contributed by atoms with Crippen LogP contribution in [0.3, 0.4) is 0 Å². The molecule has 2 atom stereocenters. The molecule has 2 unspecified atom stereocenters. The van der Waals surface area contributed by atoms with Crippen molar-refractivity contribution >= 4 is 94.4 Å².